The number of nitro groups is 1. The lowest BCUT2D eigenvalue weighted by Gasteiger charge is -2.29. The van der Waals surface area contributed by atoms with Gasteiger partial charge in [0.2, 0.25) is 0 Å². The van der Waals surface area contributed by atoms with Gasteiger partial charge in [0.1, 0.15) is 0 Å². The van der Waals surface area contributed by atoms with Crippen LogP contribution >= 0.6 is 11.6 Å². The van der Waals surface area contributed by atoms with Crippen LogP contribution in [0.4, 0.5) is 11.4 Å². The first-order valence-electron chi connectivity index (χ1n) is 7.11. The van der Waals surface area contributed by atoms with Gasteiger partial charge in [-0.3, -0.25) is 10.1 Å². The number of hydrogen-bond donors (Lipinski definition) is 0. The second kappa shape index (κ2) is 8.10. The van der Waals surface area contributed by atoms with Crippen LogP contribution in [-0.2, 0) is 5.88 Å². The van der Waals surface area contributed by atoms with Gasteiger partial charge < -0.3 is 4.90 Å². The first kappa shape index (κ1) is 16.8. The normalized spacial score (nSPS) is 10.8. The minimum atomic E-state index is -0.377. The Bertz CT molecular complexity index is 449. The van der Waals surface area contributed by atoms with Crippen molar-refractivity contribution in [3.05, 3.63) is 33.9 Å². The molecule has 1 rings (SSSR count). The van der Waals surface area contributed by atoms with Crippen LogP contribution in [0.5, 0.6) is 0 Å². The molecule has 0 atom stereocenters. The molecule has 0 aliphatic rings. The fourth-order valence-electron chi connectivity index (χ4n) is 2.25. The lowest BCUT2D eigenvalue weighted by atomic mass is 10.1. The summed E-state index contributed by atoms with van der Waals surface area (Å²) in [6.45, 7) is 7.41. The molecular weight excluding hydrogens is 276 g/mol. The molecule has 0 spiro atoms. The van der Waals surface area contributed by atoms with Gasteiger partial charge in [0.05, 0.1) is 10.8 Å². The molecule has 0 saturated carbocycles. The number of nitro benzene ring substituents is 1. The number of benzene rings is 1. The molecule has 0 aromatic heterocycles. The van der Waals surface area contributed by atoms with Gasteiger partial charge in [-0.2, -0.15) is 0 Å². The summed E-state index contributed by atoms with van der Waals surface area (Å²) in [7, 11) is 0. The molecular formula is C15H23ClN2O2. The van der Waals surface area contributed by atoms with Crippen molar-refractivity contribution in [1.29, 1.82) is 0 Å². The van der Waals surface area contributed by atoms with Crippen LogP contribution in [0.3, 0.4) is 0 Å². The van der Waals surface area contributed by atoms with E-state index in [-0.39, 0.29) is 16.5 Å². The summed E-state index contributed by atoms with van der Waals surface area (Å²) >= 11 is 5.84. The predicted molar refractivity (Wildman–Crippen MR) is 84.7 cm³/mol. The van der Waals surface area contributed by atoms with Gasteiger partial charge in [-0.1, -0.05) is 19.8 Å². The van der Waals surface area contributed by atoms with E-state index in [9.17, 15) is 10.1 Å². The molecule has 0 amide bonds. The lowest BCUT2D eigenvalue weighted by molar-refractivity contribution is -0.385. The van der Waals surface area contributed by atoms with Gasteiger partial charge in [-0.05, 0) is 32.4 Å². The van der Waals surface area contributed by atoms with E-state index in [1.165, 1.54) is 12.8 Å². The molecule has 5 heteroatoms. The number of rotatable bonds is 8. The van der Waals surface area contributed by atoms with Crippen molar-refractivity contribution in [2.75, 3.05) is 11.4 Å². The average molecular weight is 299 g/mol. The monoisotopic (exact) mass is 298 g/mol. The Morgan fingerprint density at radius 3 is 2.55 bits per heavy atom. The van der Waals surface area contributed by atoms with Gasteiger partial charge in [0, 0.05) is 29.9 Å². The lowest BCUT2D eigenvalue weighted by Crippen LogP contribution is -2.31. The zero-order chi connectivity index (χ0) is 15.1. The Morgan fingerprint density at radius 2 is 2.05 bits per heavy atom. The second-order valence-corrected chi connectivity index (χ2v) is 5.47. The van der Waals surface area contributed by atoms with E-state index in [1.54, 1.807) is 6.07 Å². The largest absolute Gasteiger partial charge is 0.369 e. The Hall–Kier alpha value is -1.29. The number of halogens is 1. The summed E-state index contributed by atoms with van der Waals surface area (Å²) in [5.41, 5.74) is 1.69. The zero-order valence-electron chi connectivity index (χ0n) is 12.4. The highest BCUT2D eigenvalue weighted by molar-refractivity contribution is 6.17. The van der Waals surface area contributed by atoms with Crippen molar-refractivity contribution in [1.82, 2.24) is 0 Å². The van der Waals surface area contributed by atoms with Crippen molar-refractivity contribution in [3.8, 4) is 0 Å². The minimum Gasteiger partial charge on any atom is -0.369 e. The molecule has 0 aliphatic heterocycles. The van der Waals surface area contributed by atoms with E-state index in [2.05, 4.69) is 25.7 Å². The molecule has 1 aromatic carbocycles. The standard InChI is InChI=1S/C15H23ClN2O2/c1-4-5-6-9-17(12(2)3)14-7-8-15(18(19)20)13(10-14)11-16/h7-8,10,12H,4-6,9,11H2,1-3H3. The highest BCUT2D eigenvalue weighted by atomic mass is 35.5. The third-order valence-electron chi connectivity index (χ3n) is 3.36. The van der Waals surface area contributed by atoms with Crippen LogP contribution in [0.15, 0.2) is 18.2 Å². The van der Waals surface area contributed by atoms with Gasteiger partial charge in [0.25, 0.3) is 5.69 Å². The summed E-state index contributed by atoms with van der Waals surface area (Å²) < 4.78 is 0. The molecule has 1 aromatic rings. The van der Waals surface area contributed by atoms with Crippen molar-refractivity contribution >= 4 is 23.0 Å². The van der Waals surface area contributed by atoms with Gasteiger partial charge >= 0.3 is 0 Å². The van der Waals surface area contributed by atoms with Crippen LogP contribution in [0.2, 0.25) is 0 Å². The molecule has 0 unspecified atom stereocenters. The molecule has 0 N–H and O–H groups in total. The molecule has 0 aliphatic carbocycles. The van der Waals surface area contributed by atoms with Crippen molar-refractivity contribution in [3.63, 3.8) is 0 Å². The Morgan fingerprint density at radius 1 is 1.35 bits per heavy atom. The first-order chi connectivity index (χ1) is 9.51. The Labute approximate surface area is 125 Å². The highest BCUT2D eigenvalue weighted by Crippen LogP contribution is 2.27. The van der Waals surface area contributed by atoms with Crippen LogP contribution in [0.25, 0.3) is 0 Å². The van der Waals surface area contributed by atoms with E-state index < -0.39 is 0 Å². The van der Waals surface area contributed by atoms with Crippen LogP contribution < -0.4 is 4.90 Å². The maximum Gasteiger partial charge on any atom is 0.273 e. The number of hydrogen-bond acceptors (Lipinski definition) is 3. The Balaban J connectivity index is 2.99. The van der Waals surface area contributed by atoms with Crippen LogP contribution in [0, 0.1) is 10.1 Å². The molecule has 112 valence electrons. The van der Waals surface area contributed by atoms with Crippen LogP contribution in [-0.4, -0.2) is 17.5 Å². The quantitative estimate of drug-likeness (QED) is 0.301. The summed E-state index contributed by atoms with van der Waals surface area (Å²) in [5, 5.41) is 10.9. The molecule has 0 saturated heterocycles. The molecule has 0 heterocycles. The van der Waals surface area contributed by atoms with Crippen molar-refractivity contribution in [2.24, 2.45) is 0 Å². The number of unbranched alkanes of at least 4 members (excludes halogenated alkanes) is 2. The first-order valence-corrected chi connectivity index (χ1v) is 7.64. The molecule has 0 radical (unpaired) electrons. The number of anilines is 1. The summed E-state index contributed by atoms with van der Waals surface area (Å²) in [6.07, 6.45) is 3.50. The average Bonchev–Trinajstić information content (AvgIpc) is 2.42. The van der Waals surface area contributed by atoms with Crippen molar-refractivity contribution in [2.45, 2.75) is 52.0 Å². The molecule has 0 bridgehead atoms. The van der Waals surface area contributed by atoms with E-state index >= 15 is 0 Å². The third-order valence-corrected chi connectivity index (χ3v) is 3.65. The summed E-state index contributed by atoms with van der Waals surface area (Å²) in [5.74, 6) is 0.158. The number of nitrogens with zero attached hydrogens (tertiary/aromatic N) is 2. The zero-order valence-corrected chi connectivity index (χ0v) is 13.2. The highest BCUT2D eigenvalue weighted by Gasteiger charge is 2.17. The smallest absolute Gasteiger partial charge is 0.273 e. The SMILES string of the molecule is CCCCCN(c1ccc([N+](=O)[O-])c(CCl)c1)C(C)C. The number of alkyl halides is 1. The fourth-order valence-corrected chi connectivity index (χ4v) is 2.47. The van der Waals surface area contributed by atoms with E-state index in [4.69, 9.17) is 11.6 Å². The van der Waals surface area contributed by atoms with E-state index in [0.717, 1.165) is 18.7 Å². The van der Waals surface area contributed by atoms with Gasteiger partial charge in [-0.25, -0.2) is 0 Å². The maximum atomic E-state index is 10.9. The maximum absolute atomic E-state index is 10.9. The fraction of sp³-hybridized carbons (Fsp3) is 0.600. The second-order valence-electron chi connectivity index (χ2n) is 5.20. The van der Waals surface area contributed by atoms with E-state index in [0.29, 0.717) is 11.6 Å². The molecule has 4 nitrogen and oxygen atoms in total. The summed E-state index contributed by atoms with van der Waals surface area (Å²) in [4.78, 5) is 12.8. The third kappa shape index (κ3) is 4.37. The Kier molecular flexibility index (Phi) is 6.79. The summed E-state index contributed by atoms with van der Waals surface area (Å²) in [6, 6.07) is 5.58. The van der Waals surface area contributed by atoms with Gasteiger partial charge in [-0.15, -0.1) is 11.6 Å². The van der Waals surface area contributed by atoms with E-state index in [1.807, 2.05) is 12.1 Å². The minimum absolute atomic E-state index is 0.0982. The molecule has 20 heavy (non-hydrogen) atoms. The topological polar surface area (TPSA) is 46.4 Å². The van der Waals surface area contributed by atoms with Gasteiger partial charge in [0.15, 0.2) is 0 Å². The van der Waals surface area contributed by atoms with Crippen molar-refractivity contribution < 1.29 is 4.92 Å². The van der Waals surface area contributed by atoms with Crippen LogP contribution in [0.1, 0.15) is 45.6 Å². The predicted octanol–water partition coefficient (Wildman–Crippen LogP) is 4.74. The molecule has 0 fully saturated rings.